The Hall–Kier alpha value is -0.660. The van der Waals surface area contributed by atoms with E-state index >= 15 is 0 Å². The summed E-state index contributed by atoms with van der Waals surface area (Å²) in [6.07, 6.45) is 0.470. The second-order valence-electron chi connectivity index (χ2n) is 4.06. The Morgan fingerprint density at radius 3 is 2.60 bits per heavy atom. The van der Waals surface area contributed by atoms with Crippen molar-refractivity contribution in [2.24, 2.45) is 0 Å². The van der Waals surface area contributed by atoms with Crippen LogP contribution in [0.3, 0.4) is 0 Å². The summed E-state index contributed by atoms with van der Waals surface area (Å²) in [5.41, 5.74) is -1.85. The molecule has 1 fully saturated rings. The fraction of sp³-hybridized carbons (Fsp3) is 0.875. The van der Waals surface area contributed by atoms with Crippen LogP contribution in [0.15, 0.2) is 0 Å². The zero-order chi connectivity index (χ0) is 11.7. The SMILES string of the molecule is CC(O)(CNC1CCS(=O)(=O)C1)C(=O)O. The molecule has 1 aliphatic rings. The molecule has 0 spiro atoms. The van der Waals surface area contributed by atoms with Gasteiger partial charge in [0.15, 0.2) is 15.4 Å². The summed E-state index contributed by atoms with van der Waals surface area (Å²) in [5.74, 6) is -1.18. The largest absolute Gasteiger partial charge is 0.479 e. The Morgan fingerprint density at radius 2 is 2.20 bits per heavy atom. The van der Waals surface area contributed by atoms with Gasteiger partial charge in [0.1, 0.15) is 0 Å². The lowest BCUT2D eigenvalue weighted by Crippen LogP contribution is -2.48. The predicted molar refractivity (Wildman–Crippen MR) is 53.3 cm³/mol. The maximum atomic E-state index is 11.1. The Labute approximate surface area is 88.2 Å². The van der Waals surface area contributed by atoms with Gasteiger partial charge in [-0.3, -0.25) is 0 Å². The van der Waals surface area contributed by atoms with Crippen molar-refractivity contribution in [3.63, 3.8) is 0 Å². The first-order chi connectivity index (χ1) is 6.73. The fourth-order valence-electron chi connectivity index (χ4n) is 1.37. The van der Waals surface area contributed by atoms with E-state index in [0.29, 0.717) is 6.42 Å². The first-order valence-corrected chi connectivity index (χ1v) is 6.45. The molecule has 7 heteroatoms. The van der Waals surface area contributed by atoms with Gasteiger partial charge in [-0.05, 0) is 13.3 Å². The molecule has 0 aliphatic carbocycles. The molecule has 0 aromatic heterocycles. The zero-order valence-corrected chi connectivity index (χ0v) is 9.25. The van der Waals surface area contributed by atoms with Crippen molar-refractivity contribution in [3.05, 3.63) is 0 Å². The van der Waals surface area contributed by atoms with Crippen molar-refractivity contribution in [1.82, 2.24) is 5.32 Å². The van der Waals surface area contributed by atoms with Gasteiger partial charge in [-0.2, -0.15) is 0 Å². The van der Waals surface area contributed by atoms with Crippen LogP contribution in [-0.4, -0.2) is 54.3 Å². The highest BCUT2D eigenvalue weighted by atomic mass is 32.2. The third-order valence-corrected chi connectivity index (χ3v) is 4.20. The molecule has 88 valence electrons. The molecule has 1 heterocycles. The van der Waals surface area contributed by atoms with E-state index in [9.17, 15) is 18.3 Å². The number of aliphatic hydroxyl groups is 1. The molecule has 1 saturated heterocycles. The number of carboxylic acids is 1. The van der Waals surface area contributed by atoms with E-state index in [-0.39, 0.29) is 24.1 Å². The second kappa shape index (κ2) is 4.07. The molecule has 3 N–H and O–H groups in total. The van der Waals surface area contributed by atoms with Crippen molar-refractivity contribution in [2.45, 2.75) is 25.0 Å². The van der Waals surface area contributed by atoms with Gasteiger partial charge >= 0.3 is 5.97 Å². The Kier molecular flexibility index (Phi) is 3.37. The van der Waals surface area contributed by atoms with Crippen molar-refractivity contribution in [3.8, 4) is 0 Å². The van der Waals surface area contributed by atoms with Crippen LogP contribution < -0.4 is 5.32 Å². The normalized spacial score (nSPS) is 28.5. The van der Waals surface area contributed by atoms with Crippen molar-refractivity contribution >= 4 is 15.8 Å². The van der Waals surface area contributed by atoms with Crippen LogP contribution in [0.1, 0.15) is 13.3 Å². The molecule has 2 unspecified atom stereocenters. The standard InChI is InChI=1S/C8H15NO5S/c1-8(12,7(10)11)5-9-6-2-3-15(13,14)4-6/h6,9,12H,2-5H2,1H3,(H,10,11). The summed E-state index contributed by atoms with van der Waals surface area (Å²) in [5, 5.41) is 20.7. The molecular weight excluding hydrogens is 222 g/mol. The number of rotatable bonds is 4. The van der Waals surface area contributed by atoms with E-state index in [4.69, 9.17) is 5.11 Å². The number of carboxylic acid groups (broad SMARTS) is 1. The van der Waals surface area contributed by atoms with E-state index in [1.165, 1.54) is 6.92 Å². The first-order valence-electron chi connectivity index (χ1n) is 4.62. The molecule has 2 atom stereocenters. The molecular formula is C8H15NO5S. The monoisotopic (exact) mass is 237 g/mol. The summed E-state index contributed by atoms with van der Waals surface area (Å²) >= 11 is 0. The molecule has 1 aliphatic heterocycles. The lowest BCUT2D eigenvalue weighted by Gasteiger charge is -2.20. The smallest absolute Gasteiger partial charge is 0.336 e. The van der Waals surface area contributed by atoms with Crippen LogP contribution in [0.25, 0.3) is 0 Å². The molecule has 0 radical (unpaired) electrons. The minimum Gasteiger partial charge on any atom is -0.479 e. The number of aliphatic carboxylic acids is 1. The molecule has 0 aromatic carbocycles. The number of nitrogens with one attached hydrogen (secondary N) is 1. The molecule has 15 heavy (non-hydrogen) atoms. The van der Waals surface area contributed by atoms with Gasteiger partial charge in [0, 0.05) is 12.6 Å². The average Bonchev–Trinajstić information content (AvgIpc) is 2.42. The number of hydrogen-bond acceptors (Lipinski definition) is 5. The summed E-state index contributed by atoms with van der Waals surface area (Å²) in [7, 11) is -2.97. The molecule has 0 bridgehead atoms. The first kappa shape index (κ1) is 12.4. The minimum atomic E-state index is -2.97. The van der Waals surface area contributed by atoms with E-state index in [2.05, 4.69) is 5.32 Å². The lowest BCUT2D eigenvalue weighted by atomic mass is 10.1. The topological polar surface area (TPSA) is 104 Å². The van der Waals surface area contributed by atoms with Gasteiger partial charge in [-0.1, -0.05) is 0 Å². The highest BCUT2D eigenvalue weighted by molar-refractivity contribution is 7.91. The maximum Gasteiger partial charge on any atom is 0.336 e. The second-order valence-corrected chi connectivity index (χ2v) is 6.29. The Morgan fingerprint density at radius 1 is 1.60 bits per heavy atom. The summed E-state index contributed by atoms with van der Waals surface area (Å²) in [6.45, 7) is 1.02. The van der Waals surface area contributed by atoms with E-state index < -0.39 is 21.4 Å². The van der Waals surface area contributed by atoms with Gasteiger partial charge in [-0.25, -0.2) is 13.2 Å². The van der Waals surface area contributed by atoms with Gasteiger partial charge in [-0.15, -0.1) is 0 Å². The quantitative estimate of drug-likeness (QED) is 0.555. The summed E-state index contributed by atoms with van der Waals surface area (Å²) in [4.78, 5) is 10.5. The van der Waals surface area contributed by atoms with Crippen LogP contribution in [0.5, 0.6) is 0 Å². The molecule has 0 saturated carbocycles. The van der Waals surface area contributed by atoms with Crippen molar-refractivity contribution in [2.75, 3.05) is 18.1 Å². The molecule has 0 amide bonds. The highest BCUT2D eigenvalue weighted by Gasteiger charge is 2.33. The van der Waals surface area contributed by atoms with Crippen LogP contribution in [0, 0.1) is 0 Å². The summed E-state index contributed by atoms with van der Waals surface area (Å²) in [6, 6.07) is -0.249. The molecule has 1 rings (SSSR count). The van der Waals surface area contributed by atoms with Gasteiger partial charge in [0.2, 0.25) is 0 Å². The van der Waals surface area contributed by atoms with E-state index in [1.54, 1.807) is 0 Å². The highest BCUT2D eigenvalue weighted by Crippen LogP contribution is 2.12. The van der Waals surface area contributed by atoms with Gasteiger partial charge in [0.25, 0.3) is 0 Å². The van der Waals surface area contributed by atoms with Crippen LogP contribution >= 0.6 is 0 Å². The maximum absolute atomic E-state index is 11.1. The predicted octanol–water partition coefficient (Wildman–Crippen LogP) is -1.40. The summed E-state index contributed by atoms with van der Waals surface area (Å²) < 4.78 is 22.2. The number of sulfone groups is 1. The van der Waals surface area contributed by atoms with Crippen molar-refractivity contribution in [1.29, 1.82) is 0 Å². The Bertz CT molecular complexity index is 348. The average molecular weight is 237 g/mol. The van der Waals surface area contributed by atoms with E-state index in [1.807, 2.05) is 0 Å². The third-order valence-electron chi connectivity index (χ3n) is 2.43. The van der Waals surface area contributed by atoms with E-state index in [0.717, 1.165) is 0 Å². The lowest BCUT2D eigenvalue weighted by molar-refractivity contribution is -0.156. The minimum absolute atomic E-state index is 0.0166. The van der Waals surface area contributed by atoms with Crippen molar-refractivity contribution < 1.29 is 23.4 Å². The molecule has 6 nitrogen and oxygen atoms in total. The van der Waals surface area contributed by atoms with Crippen LogP contribution in [0.4, 0.5) is 0 Å². The Balaban J connectivity index is 2.43. The third kappa shape index (κ3) is 3.44. The fourth-order valence-corrected chi connectivity index (χ4v) is 3.08. The van der Waals surface area contributed by atoms with Crippen LogP contribution in [-0.2, 0) is 14.6 Å². The number of carbonyl (C=O) groups is 1. The zero-order valence-electron chi connectivity index (χ0n) is 8.43. The molecule has 0 aromatic rings. The van der Waals surface area contributed by atoms with Gasteiger partial charge < -0.3 is 15.5 Å². The van der Waals surface area contributed by atoms with Gasteiger partial charge in [0.05, 0.1) is 11.5 Å². The van der Waals surface area contributed by atoms with Crippen LogP contribution in [0.2, 0.25) is 0 Å². The number of hydrogen-bond donors (Lipinski definition) is 3.